The van der Waals surface area contributed by atoms with Crippen LogP contribution < -0.4 is 9.47 Å². The first kappa shape index (κ1) is 10.9. The number of fused-ring (bicyclic) bond motifs is 1. The third kappa shape index (κ3) is 2.25. The summed E-state index contributed by atoms with van der Waals surface area (Å²) in [7, 11) is 0. The van der Waals surface area contributed by atoms with E-state index in [0.29, 0.717) is 19.1 Å². The number of ether oxygens (including phenoxy) is 2. The lowest BCUT2D eigenvalue weighted by molar-refractivity contribution is 0.117. The Hall–Kier alpha value is -1.22. The van der Waals surface area contributed by atoms with E-state index < -0.39 is 0 Å². The molecule has 1 fully saturated rings. The molecule has 0 amide bonds. The first-order chi connectivity index (χ1) is 8.33. The zero-order valence-corrected chi connectivity index (χ0v) is 9.89. The number of aliphatic hydroxyl groups is 1. The van der Waals surface area contributed by atoms with Gasteiger partial charge in [0.05, 0.1) is 6.10 Å². The van der Waals surface area contributed by atoms with Crippen molar-refractivity contribution in [3.8, 4) is 11.5 Å². The van der Waals surface area contributed by atoms with Gasteiger partial charge in [-0.2, -0.15) is 0 Å². The van der Waals surface area contributed by atoms with E-state index in [9.17, 15) is 5.11 Å². The van der Waals surface area contributed by atoms with Crippen molar-refractivity contribution in [3.05, 3.63) is 23.8 Å². The predicted octanol–water partition coefficient (Wildman–Crippen LogP) is 2.68. The van der Waals surface area contributed by atoms with Gasteiger partial charge in [-0.25, -0.2) is 0 Å². The molecule has 1 aromatic carbocycles. The van der Waals surface area contributed by atoms with Gasteiger partial charge in [0.1, 0.15) is 13.2 Å². The molecular weight excluding hydrogens is 216 g/mol. The third-order valence-corrected chi connectivity index (χ3v) is 3.73. The fraction of sp³-hybridized carbons (Fsp3) is 0.571. The van der Waals surface area contributed by atoms with Gasteiger partial charge in [0.15, 0.2) is 11.5 Å². The molecule has 0 spiro atoms. The van der Waals surface area contributed by atoms with E-state index >= 15 is 0 Å². The second-order valence-corrected chi connectivity index (χ2v) is 4.95. The normalized spacial score (nSPS) is 20.8. The van der Waals surface area contributed by atoms with E-state index in [2.05, 4.69) is 0 Å². The molecule has 1 aromatic rings. The summed E-state index contributed by atoms with van der Waals surface area (Å²) in [6.45, 7) is 1.20. The summed E-state index contributed by atoms with van der Waals surface area (Å²) in [6.07, 6.45) is 4.36. The van der Waals surface area contributed by atoms with Gasteiger partial charge in [-0.15, -0.1) is 0 Å². The topological polar surface area (TPSA) is 38.7 Å². The van der Waals surface area contributed by atoms with Gasteiger partial charge in [-0.3, -0.25) is 0 Å². The monoisotopic (exact) mass is 234 g/mol. The van der Waals surface area contributed by atoms with Crippen molar-refractivity contribution in [1.29, 1.82) is 0 Å². The van der Waals surface area contributed by atoms with E-state index in [1.807, 2.05) is 18.2 Å². The smallest absolute Gasteiger partial charge is 0.161 e. The number of aliphatic hydroxyl groups excluding tert-OH is 1. The Morgan fingerprint density at radius 3 is 2.65 bits per heavy atom. The van der Waals surface area contributed by atoms with Crippen LogP contribution in [0, 0.1) is 5.92 Å². The Bertz CT molecular complexity index is 398. The Balaban J connectivity index is 1.73. The van der Waals surface area contributed by atoms with Crippen molar-refractivity contribution in [2.45, 2.75) is 31.8 Å². The van der Waals surface area contributed by atoms with Crippen molar-refractivity contribution in [2.24, 2.45) is 5.92 Å². The molecule has 3 rings (SSSR count). The van der Waals surface area contributed by atoms with Crippen molar-refractivity contribution in [1.82, 2.24) is 0 Å². The Morgan fingerprint density at radius 1 is 1.18 bits per heavy atom. The minimum atomic E-state index is -0.365. The molecule has 1 unspecified atom stereocenters. The van der Waals surface area contributed by atoms with Gasteiger partial charge in [-0.1, -0.05) is 25.3 Å². The molecule has 0 bridgehead atoms. The maximum atomic E-state index is 10.2. The van der Waals surface area contributed by atoms with E-state index in [1.165, 1.54) is 19.3 Å². The summed E-state index contributed by atoms with van der Waals surface area (Å²) in [5.74, 6) is 2.26. The van der Waals surface area contributed by atoms with Crippen LogP contribution in [0.1, 0.15) is 37.4 Å². The summed E-state index contributed by atoms with van der Waals surface area (Å²) in [4.78, 5) is 0. The number of rotatable bonds is 3. The Morgan fingerprint density at radius 2 is 1.94 bits per heavy atom. The fourth-order valence-corrected chi connectivity index (χ4v) is 2.45. The SMILES string of the molecule is OC(CC1CCC1)c1ccc2c(c1)OCCO2. The summed E-state index contributed by atoms with van der Waals surface area (Å²) < 4.78 is 11.0. The average molecular weight is 234 g/mol. The Labute approximate surface area is 101 Å². The highest BCUT2D eigenvalue weighted by molar-refractivity contribution is 5.44. The minimum absolute atomic E-state index is 0.365. The molecule has 3 heteroatoms. The maximum absolute atomic E-state index is 10.2. The molecule has 0 radical (unpaired) electrons. The van der Waals surface area contributed by atoms with Crippen molar-refractivity contribution >= 4 is 0 Å². The molecule has 1 N–H and O–H groups in total. The molecule has 1 heterocycles. The van der Waals surface area contributed by atoms with Crippen LogP contribution in [0.15, 0.2) is 18.2 Å². The highest BCUT2D eigenvalue weighted by Gasteiger charge is 2.23. The molecule has 1 aliphatic carbocycles. The van der Waals surface area contributed by atoms with Crippen LogP contribution in [0.2, 0.25) is 0 Å². The van der Waals surface area contributed by atoms with Crippen molar-refractivity contribution in [3.63, 3.8) is 0 Å². The number of benzene rings is 1. The van der Waals surface area contributed by atoms with Gasteiger partial charge < -0.3 is 14.6 Å². The lowest BCUT2D eigenvalue weighted by atomic mass is 9.80. The second kappa shape index (κ2) is 4.57. The van der Waals surface area contributed by atoms with Gasteiger partial charge in [0, 0.05) is 0 Å². The molecule has 0 aromatic heterocycles. The summed E-state index contributed by atoms with van der Waals surface area (Å²) in [5.41, 5.74) is 0.946. The third-order valence-electron chi connectivity index (χ3n) is 3.73. The van der Waals surface area contributed by atoms with Gasteiger partial charge in [0.25, 0.3) is 0 Å². The second-order valence-electron chi connectivity index (χ2n) is 4.95. The molecule has 1 atom stereocenters. The van der Waals surface area contributed by atoms with Crippen molar-refractivity contribution < 1.29 is 14.6 Å². The van der Waals surface area contributed by atoms with Crippen LogP contribution >= 0.6 is 0 Å². The molecule has 2 aliphatic rings. The molecular formula is C14H18O3. The quantitative estimate of drug-likeness (QED) is 0.873. The van der Waals surface area contributed by atoms with E-state index in [0.717, 1.165) is 23.5 Å². The number of hydrogen-bond donors (Lipinski definition) is 1. The standard InChI is InChI=1S/C14H18O3/c15-12(8-10-2-1-3-10)11-4-5-13-14(9-11)17-7-6-16-13/h4-5,9-10,12,15H,1-3,6-8H2. The van der Waals surface area contributed by atoms with Crippen molar-refractivity contribution in [2.75, 3.05) is 13.2 Å². The minimum Gasteiger partial charge on any atom is -0.486 e. The molecule has 3 nitrogen and oxygen atoms in total. The fourth-order valence-electron chi connectivity index (χ4n) is 2.45. The van der Waals surface area contributed by atoms with E-state index in [-0.39, 0.29) is 6.10 Å². The highest BCUT2D eigenvalue weighted by atomic mass is 16.6. The maximum Gasteiger partial charge on any atom is 0.161 e. The summed E-state index contributed by atoms with van der Waals surface area (Å²) in [6, 6.07) is 5.75. The average Bonchev–Trinajstić information content (AvgIpc) is 2.33. The predicted molar refractivity (Wildman–Crippen MR) is 64.3 cm³/mol. The van der Waals surface area contributed by atoms with Gasteiger partial charge in [-0.05, 0) is 30.0 Å². The zero-order valence-electron chi connectivity index (χ0n) is 9.89. The van der Waals surface area contributed by atoms with E-state index in [4.69, 9.17) is 9.47 Å². The lowest BCUT2D eigenvalue weighted by Gasteiger charge is -2.28. The first-order valence-electron chi connectivity index (χ1n) is 6.40. The summed E-state index contributed by atoms with van der Waals surface area (Å²) in [5, 5.41) is 10.2. The first-order valence-corrected chi connectivity index (χ1v) is 6.40. The molecule has 0 saturated heterocycles. The van der Waals surface area contributed by atoms with Crippen LogP contribution in [0.5, 0.6) is 11.5 Å². The number of hydrogen-bond acceptors (Lipinski definition) is 3. The van der Waals surface area contributed by atoms with Gasteiger partial charge in [0.2, 0.25) is 0 Å². The van der Waals surface area contributed by atoms with Crippen LogP contribution in [0.4, 0.5) is 0 Å². The van der Waals surface area contributed by atoms with Crippen LogP contribution in [0.25, 0.3) is 0 Å². The summed E-state index contributed by atoms with van der Waals surface area (Å²) >= 11 is 0. The lowest BCUT2D eigenvalue weighted by Crippen LogP contribution is -2.17. The largest absolute Gasteiger partial charge is 0.486 e. The van der Waals surface area contributed by atoms with Crippen LogP contribution in [0.3, 0.4) is 0 Å². The molecule has 1 aliphatic heterocycles. The zero-order chi connectivity index (χ0) is 11.7. The Kier molecular flexibility index (Phi) is 2.93. The highest BCUT2D eigenvalue weighted by Crippen LogP contribution is 2.37. The molecule has 17 heavy (non-hydrogen) atoms. The van der Waals surface area contributed by atoms with E-state index in [1.54, 1.807) is 0 Å². The van der Waals surface area contributed by atoms with Crippen LogP contribution in [-0.2, 0) is 0 Å². The van der Waals surface area contributed by atoms with Gasteiger partial charge >= 0.3 is 0 Å². The van der Waals surface area contributed by atoms with Crippen LogP contribution in [-0.4, -0.2) is 18.3 Å². The molecule has 92 valence electrons. The molecule has 1 saturated carbocycles.